The van der Waals surface area contributed by atoms with Gasteiger partial charge in [-0.2, -0.15) is 0 Å². The summed E-state index contributed by atoms with van der Waals surface area (Å²) in [4.78, 5) is 4.38. The molecule has 1 heterocycles. The van der Waals surface area contributed by atoms with Crippen molar-refractivity contribution in [3.05, 3.63) is 85.1 Å². The van der Waals surface area contributed by atoms with Gasteiger partial charge in [-0.15, -0.1) is 0 Å². The van der Waals surface area contributed by atoms with Crippen molar-refractivity contribution in [2.24, 2.45) is 0 Å². The van der Waals surface area contributed by atoms with E-state index in [9.17, 15) is 0 Å². The summed E-state index contributed by atoms with van der Waals surface area (Å²) in [7, 11) is 1.99. The molecule has 26 heavy (non-hydrogen) atoms. The van der Waals surface area contributed by atoms with Gasteiger partial charge in [-0.25, -0.2) is 0 Å². The molecule has 0 aliphatic heterocycles. The molecule has 6 aromatic rings. The number of hydrogen-bond donors (Lipinski definition) is 0. The first-order chi connectivity index (χ1) is 12.9. The molecule has 2 heteroatoms. The maximum atomic E-state index is 4.38. The van der Waals surface area contributed by atoms with E-state index >= 15 is 0 Å². The third kappa shape index (κ3) is 1.76. The van der Waals surface area contributed by atoms with Crippen LogP contribution in [0.3, 0.4) is 0 Å². The van der Waals surface area contributed by atoms with Crippen molar-refractivity contribution in [2.45, 2.75) is 0 Å². The third-order valence-corrected chi connectivity index (χ3v) is 5.51. The second-order valence-electron chi connectivity index (χ2n) is 6.84. The molecule has 0 spiro atoms. The summed E-state index contributed by atoms with van der Waals surface area (Å²) in [6.07, 6.45) is 1.89. The van der Waals surface area contributed by atoms with Gasteiger partial charge in [0.05, 0.1) is 0 Å². The first kappa shape index (κ1) is 14.0. The van der Waals surface area contributed by atoms with Crippen molar-refractivity contribution in [1.82, 2.24) is 4.89 Å². The Morgan fingerprint density at radius 1 is 0.500 bits per heavy atom. The molecule has 0 amide bonds. The standard InChI is InChI=1S/C24H14BN/c1-2-6-17-15(5-1)9-10-16-11-12-19-21-13-14-26-25-24(21)20-8-4-3-7-18(20)23(19)22(16)17/h1-14H. The van der Waals surface area contributed by atoms with Gasteiger partial charge in [-0.1, -0.05) is 0 Å². The fourth-order valence-electron chi connectivity index (χ4n) is 4.38. The molecule has 0 saturated heterocycles. The van der Waals surface area contributed by atoms with Gasteiger partial charge in [-0.05, 0) is 0 Å². The molecule has 0 aliphatic rings. The van der Waals surface area contributed by atoms with Crippen LogP contribution in [0.4, 0.5) is 0 Å². The number of rotatable bonds is 0. The van der Waals surface area contributed by atoms with Gasteiger partial charge in [0, 0.05) is 0 Å². The third-order valence-electron chi connectivity index (χ3n) is 5.51. The van der Waals surface area contributed by atoms with Crippen molar-refractivity contribution < 1.29 is 0 Å². The molecule has 0 radical (unpaired) electrons. The summed E-state index contributed by atoms with van der Waals surface area (Å²) in [6, 6.07) is 28.5. The van der Waals surface area contributed by atoms with Crippen LogP contribution in [0, 0.1) is 0 Å². The molecule has 0 fully saturated rings. The van der Waals surface area contributed by atoms with Crippen LogP contribution in [0.25, 0.3) is 53.8 Å². The van der Waals surface area contributed by atoms with Gasteiger partial charge < -0.3 is 0 Å². The molecule has 1 nitrogen and oxygen atoms in total. The van der Waals surface area contributed by atoms with E-state index in [1.807, 2.05) is 13.2 Å². The van der Waals surface area contributed by atoms with E-state index in [1.165, 1.54) is 53.8 Å². The average Bonchev–Trinajstić information content (AvgIpc) is 2.73. The van der Waals surface area contributed by atoms with Gasteiger partial charge in [0.15, 0.2) is 0 Å². The van der Waals surface area contributed by atoms with Crippen molar-refractivity contribution in [3.63, 3.8) is 0 Å². The first-order valence-corrected chi connectivity index (χ1v) is 8.90. The molecule has 1 aromatic heterocycles. The summed E-state index contributed by atoms with van der Waals surface area (Å²) in [5.41, 5.74) is 0. The molecule has 0 unspecified atom stereocenters. The maximum absolute atomic E-state index is 4.38. The Labute approximate surface area is 151 Å². The summed E-state index contributed by atoms with van der Waals surface area (Å²) < 4.78 is 0. The molecule has 0 bridgehead atoms. The van der Waals surface area contributed by atoms with E-state index < -0.39 is 0 Å². The molecule has 6 rings (SSSR count). The minimum absolute atomic E-state index is 1.22. The van der Waals surface area contributed by atoms with Crippen molar-refractivity contribution in [1.29, 1.82) is 0 Å². The fraction of sp³-hybridized carbons (Fsp3) is 0. The van der Waals surface area contributed by atoms with Crippen molar-refractivity contribution in [3.8, 4) is 0 Å². The fourth-order valence-corrected chi connectivity index (χ4v) is 4.38. The normalized spacial score (nSPS) is 11.7. The Morgan fingerprint density at radius 2 is 1.15 bits per heavy atom. The molecule has 0 saturated carbocycles. The van der Waals surface area contributed by atoms with E-state index in [1.54, 1.807) is 0 Å². The Balaban J connectivity index is 2.06. The Morgan fingerprint density at radius 3 is 2.08 bits per heavy atom. The van der Waals surface area contributed by atoms with Gasteiger partial charge >= 0.3 is 151 Å². The summed E-state index contributed by atoms with van der Waals surface area (Å²) in [6.45, 7) is 0. The molecular formula is C24H14BN. The van der Waals surface area contributed by atoms with Gasteiger partial charge in [-0.3, -0.25) is 0 Å². The number of nitrogens with zero attached hydrogens (tertiary/aromatic N) is 1. The second-order valence-corrected chi connectivity index (χ2v) is 6.84. The van der Waals surface area contributed by atoms with Crippen LogP contribution >= 0.6 is 0 Å². The van der Waals surface area contributed by atoms with E-state index in [2.05, 4.69) is 83.8 Å². The van der Waals surface area contributed by atoms with Gasteiger partial charge in [0.25, 0.3) is 0 Å². The minimum atomic E-state index is 1.22. The van der Waals surface area contributed by atoms with Crippen LogP contribution < -0.4 is 0 Å². The molecule has 0 N–H and O–H groups in total. The SMILES string of the molecule is b1nccc2c1c1ccccc1c1c2ccc2ccc3ccccc3c21. The van der Waals surface area contributed by atoms with Crippen LogP contribution in [-0.4, -0.2) is 11.9 Å². The predicted molar refractivity (Wildman–Crippen MR) is 113 cm³/mol. The number of fused-ring (bicyclic) bond motifs is 10. The summed E-state index contributed by atoms with van der Waals surface area (Å²) in [5, 5.41) is 12.9. The van der Waals surface area contributed by atoms with Gasteiger partial charge in [0.2, 0.25) is 0 Å². The van der Waals surface area contributed by atoms with E-state index in [4.69, 9.17) is 0 Å². The topological polar surface area (TPSA) is 12.9 Å². The zero-order chi connectivity index (χ0) is 17.1. The number of aromatic nitrogens is 1. The van der Waals surface area contributed by atoms with E-state index in [0.717, 1.165) is 0 Å². The average molecular weight is 327 g/mol. The quantitative estimate of drug-likeness (QED) is 0.303. The predicted octanol–water partition coefficient (Wildman–Crippen LogP) is 6.19. The summed E-state index contributed by atoms with van der Waals surface area (Å²) >= 11 is 0. The van der Waals surface area contributed by atoms with Crippen LogP contribution in [-0.2, 0) is 0 Å². The van der Waals surface area contributed by atoms with Crippen LogP contribution in [0.2, 0.25) is 0 Å². The molecule has 118 valence electrons. The monoisotopic (exact) mass is 327 g/mol. The zero-order valence-electron chi connectivity index (χ0n) is 14.1. The number of hydrogen-bond acceptors (Lipinski definition) is 1. The van der Waals surface area contributed by atoms with Gasteiger partial charge in [0.1, 0.15) is 0 Å². The van der Waals surface area contributed by atoms with Crippen molar-refractivity contribution >= 4 is 60.8 Å². The molecular weight excluding hydrogens is 313 g/mol. The summed E-state index contributed by atoms with van der Waals surface area (Å²) in [5.74, 6) is 0. The van der Waals surface area contributed by atoms with Crippen molar-refractivity contribution in [2.75, 3.05) is 0 Å². The van der Waals surface area contributed by atoms with Crippen LogP contribution in [0.5, 0.6) is 0 Å². The van der Waals surface area contributed by atoms with E-state index in [0.29, 0.717) is 0 Å². The van der Waals surface area contributed by atoms with Crippen LogP contribution in [0.1, 0.15) is 0 Å². The Bertz CT molecular complexity index is 1440. The van der Waals surface area contributed by atoms with E-state index in [-0.39, 0.29) is 0 Å². The number of benzene rings is 5. The first-order valence-electron chi connectivity index (χ1n) is 8.90. The molecule has 0 atom stereocenters. The second kappa shape index (κ2) is 5.12. The van der Waals surface area contributed by atoms with Crippen LogP contribution in [0.15, 0.2) is 85.1 Å². The molecule has 0 aliphatic carbocycles. The zero-order valence-corrected chi connectivity index (χ0v) is 14.1. The molecule has 5 aromatic carbocycles. The Hall–Kier alpha value is -3.26. The Kier molecular flexibility index (Phi) is 2.75.